The number of fused-ring (bicyclic) bond motifs is 8. The van der Waals surface area contributed by atoms with Gasteiger partial charge in [-0.3, -0.25) is 4.90 Å². The lowest BCUT2D eigenvalue weighted by atomic mass is 9.60. The van der Waals surface area contributed by atoms with Crippen LogP contribution in [0.4, 0.5) is 0 Å². The summed E-state index contributed by atoms with van der Waals surface area (Å²) in [5.74, 6) is 3.17. The maximum atomic E-state index is 11.3. The lowest BCUT2D eigenvalue weighted by Gasteiger charge is -2.53. The number of aliphatic hydroxyl groups is 1. The lowest BCUT2D eigenvalue weighted by molar-refractivity contribution is -0.000315. The summed E-state index contributed by atoms with van der Waals surface area (Å²) in [7, 11) is 2.10. The summed E-state index contributed by atoms with van der Waals surface area (Å²) in [5.41, 5.74) is 4.15. The molecule has 140 valence electrons. The largest absolute Gasteiger partial charge is 0.454 e. The van der Waals surface area contributed by atoms with Crippen LogP contribution in [0.25, 0.3) is 0 Å². The van der Waals surface area contributed by atoms with E-state index >= 15 is 0 Å². The van der Waals surface area contributed by atoms with Crippen molar-refractivity contribution in [3.05, 3.63) is 46.5 Å². The average Bonchev–Trinajstić information content (AvgIpc) is 3.29. The fourth-order valence-corrected chi connectivity index (χ4v) is 5.41. The van der Waals surface area contributed by atoms with Crippen LogP contribution in [0, 0.1) is 0 Å². The van der Waals surface area contributed by atoms with Gasteiger partial charge in [0.2, 0.25) is 13.6 Å². The lowest BCUT2D eigenvalue weighted by Crippen LogP contribution is -2.55. The van der Waals surface area contributed by atoms with Crippen molar-refractivity contribution < 1.29 is 24.1 Å². The number of nitrogens with zero attached hydrogens (tertiary/aromatic N) is 1. The Balaban J connectivity index is 1.58. The third-order valence-corrected chi connectivity index (χ3v) is 6.67. The first-order valence-corrected chi connectivity index (χ1v) is 9.30. The molecule has 0 saturated carbocycles. The van der Waals surface area contributed by atoms with Crippen molar-refractivity contribution in [2.24, 2.45) is 0 Å². The molecule has 0 saturated heterocycles. The molecule has 0 fully saturated rings. The summed E-state index contributed by atoms with van der Waals surface area (Å²) >= 11 is 0. The van der Waals surface area contributed by atoms with E-state index in [0.717, 1.165) is 46.2 Å². The number of hydrogen-bond donors (Lipinski definition) is 1. The highest BCUT2D eigenvalue weighted by Gasteiger charge is 2.53. The molecule has 4 aliphatic rings. The van der Waals surface area contributed by atoms with Crippen LogP contribution in [0.2, 0.25) is 0 Å². The van der Waals surface area contributed by atoms with Crippen LogP contribution in [-0.4, -0.2) is 36.7 Å². The predicted octanol–water partition coefficient (Wildman–Crippen LogP) is 2.51. The smallest absolute Gasteiger partial charge is 0.231 e. The molecular formula is C21H21NO5. The van der Waals surface area contributed by atoms with Crippen molar-refractivity contribution in [1.29, 1.82) is 0 Å². The topological polar surface area (TPSA) is 60.4 Å². The second kappa shape index (κ2) is 5.09. The van der Waals surface area contributed by atoms with Gasteiger partial charge in [-0.15, -0.1) is 0 Å². The Morgan fingerprint density at radius 1 is 1.04 bits per heavy atom. The van der Waals surface area contributed by atoms with E-state index in [1.807, 2.05) is 12.1 Å². The van der Waals surface area contributed by atoms with Crippen LogP contribution < -0.4 is 18.9 Å². The molecule has 2 aromatic carbocycles. The molecule has 1 N–H and O–H groups in total. The van der Waals surface area contributed by atoms with Gasteiger partial charge in [0, 0.05) is 23.6 Å². The Morgan fingerprint density at radius 3 is 2.63 bits per heavy atom. The van der Waals surface area contributed by atoms with Gasteiger partial charge in [-0.05, 0) is 48.4 Å². The van der Waals surface area contributed by atoms with E-state index in [1.54, 1.807) is 0 Å². The van der Waals surface area contributed by atoms with Gasteiger partial charge in [0.05, 0.1) is 6.10 Å². The minimum Gasteiger partial charge on any atom is -0.454 e. The summed E-state index contributed by atoms with van der Waals surface area (Å²) in [6.07, 6.45) is 0.0676. The molecule has 0 bridgehead atoms. The minimum absolute atomic E-state index is 0.0404. The van der Waals surface area contributed by atoms with Crippen molar-refractivity contribution in [3.63, 3.8) is 0 Å². The van der Waals surface area contributed by atoms with Crippen LogP contribution in [0.5, 0.6) is 23.0 Å². The maximum absolute atomic E-state index is 11.3. The first kappa shape index (κ1) is 15.6. The molecule has 0 unspecified atom stereocenters. The predicted molar refractivity (Wildman–Crippen MR) is 96.4 cm³/mol. The Kier molecular flexibility index (Phi) is 2.94. The van der Waals surface area contributed by atoms with Crippen molar-refractivity contribution in [2.75, 3.05) is 20.6 Å². The first-order valence-electron chi connectivity index (χ1n) is 9.30. The van der Waals surface area contributed by atoms with E-state index in [1.165, 1.54) is 5.56 Å². The van der Waals surface area contributed by atoms with Crippen LogP contribution in [0.3, 0.4) is 0 Å². The second-order valence-corrected chi connectivity index (χ2v) is 8.05. The zero-order valence-electron chi connectivity index (χ0n) is 15.3. The van der Waals surface area contributed by atoms with E-state index in [-0.39, 0.29) is 19.6 Å². The molecule has 6 rings (SSSR count). The normalized spacial score (nSPS) is 29.9. The third kappa shape index (κ3) is 1.87. The number of ether oxygens (including phenoxy) is 4. The molecule has 6 heteroatoms. The molecular weight excluding hydrogens is 346 g/mol. The summed E-state index contributed by atoms with van der Waals surface area (Å²) < 4.78 is 22.5. The van der Waals surface area contributed by atoms with Crippen LogP contribution >= 0.6 is 0 Å². The Bertz CT molecular complexity index is 974. The molecule has 0 amide bonds. The van der Waals surface area contributed by atoms with Crippen molar-refractivity contribution in [1.82, 2.24) is 4.90 Å². The van der Waals surface area contributed by atoms with Crippen molar-refractivity contribution in [2.45, 2.75) is 37.5 Å². The SMILES string of the molecule is CN1Cc2c(ccc3c2OCO3)[C@@]2(C)[C@@H](O)Cc3cc4c(cc3[C@@H]12)OCO4. The van der Waals surface area contributed by atoms with Gasteiger partial charge < -0.3 is 24.1 Å². The summed E-state index contributed by atoms with van der Waals surface area (Å²) in [5, 5.41) is 11.3. The van der Waals surface area contributed by atoms with Crippen LogP contribution in [-0.2, 0) is 18.4 Å². The number of rotatable bonds is 0. The summed E-state index contributed by atoms with van der Waals surface area (Å²) in [6.45, 7) is 3.41. The highest BCUT2D eigenvalue weighted by Crippen LogP contribution is 2.57. The summed E-state index contributed by atoms with van der Waals surface area (Å²) in [6, 6.07) is 8.24. The molecule has 3 heterocycles. The van der Waals surface area contributed by atoms with E-state index in [9.17, 15) is 5.11 Å². The highest BCUT2D eigenvalue weighted by molar-refractivity contribution is 5.59. The average molecular weight is 367 g/mol. The second-order valence-electron chi connectivity index (χ2n) is 8.05. The zero-order chi connectivity index (χ0) is 18.3. The van der Waals surface area contributed by atoms with Crippen molar-refractivity contribution in [3.8, 4) is 23.0 Å². The molecule has 0 radical (unpaired) electrons. The number of aliphatic hydroxyl groups excluding tert-OH is 1. The molecule has 0 aromatic heterocycles. The fourth-order valence-electron chi connectivity index (χ4n) is 5.41. The summed E-state index contributed by atoms with van der Waals surface area (Å²) in [4.78, 5) is 2.30. The number of benzene rings is 2. The van der Waals surface area contributed by atoms with Gasteiger partial charge in [-0.25, -0.2) is 0 Å². The molecule has 6 nitrogen and oxygen atoms in total. The quantitative estimate of drug-likeness (QED) is 0.772. The highest BCUT2D eigenvalue weighted by atomic mass is 16.7. The van der Waals surface area contributed by atoms with Gasteiger partial charge in [-0.1, -0.05) is 13.0 Å². The molecule has 27 heavy (non-hydrogen) atoms. The monoisotopic (exact) mass is 367 g/mol. The van der Waals surface area contributed by atoms with E-state index in [2.05, 4.69) is 31.0 Å². The Morgan fingerprint density at radius 2 is 1.78 bits per heavy atom. The van der Waals surface area contributed by atoms with Crippen LogP contribution in [0.1, 0.15) is 35.2 Å². The van der Waals surface area contributed by atoms with Crippen LogP contribution in [0.15, 0.2) is 24.3 Å². The van der Waals surface area contributed by atoms with Gasteiger partial charge in [0.1, 0.15) is 0 Å². The van der Waals surface area contributed by atoms with Gasteiger partial charge in [0.15, 0.2) is 23.0 Å². The Labute approximate surface area is 157 Å². The minimum atomic E-state index is -0.516. The molecule has 1 aliphatic carbocycles. The zero-order valence-corrected chi connectivity index (χ0v) is 15.3. The van der Waals surface area contributed by atoms with E-state index < -0.39 is 11.5 Å². The number of likely N-dealkylation sites (N-methyl/N-ethyl adjacent to an activating group) is 1. The Hall–Kier alpha value is -2.44. The van der Waals surface area contributed by atoms with Crippen molar-refractivity contribution >= 4 is 0 Å². The van der Waals surface area contributed by atoms with Gasteiger partial charge in [0.25, 0.3) is 0 Å². The van der Waals surface area contributed by atoms with E-state index in [0.29, 0.717) is 6.42 Å². The van der Waals surface area contributed by atoms with E-state index in [4.69, 9.17) is 18.9 Å². The van der Waals surface area contributed by atoms with Gasteiger partial charge in [-0.2, -0.15) is 0 Å². The molecule has 3 atom stereocenters. The first-order chi connectivity index (χ1) is 13.1. The molecule has 3 aliphatic heterocycles. The fraction of sp³-hybridized carbons (Fsp3) is 0.429. The third-order valence-electron chi connectivity index (χ3n) is 6.67. The number of hydrogen-bond acceptors (Lipinski definition) is 6. The molecule has 2 aromatic rings. The van der Waals surface area contributed by atoms with Gasteiger partial charge >= 0.3 is 0 Å². The standard InChI is InChI=1S/C21H21NO5/c1-21-14-3-4-15-19(27-10-24-15)13(14)8-22(2)20(21)12-7-17-16(25-9-26-17)5-11(12)6-18(21)23/h3-5,7,18,20,23H,6,8-10H2,1-2H3/t18-,20+,21-/m0/s1. The molecule has 0 spiro atoms. The maximum Gasteiger partial charge on any atom is 0.231 e.